The van der Waals surface area contributed by atoms with E-state index in [0.717, 1.165) is 12.8 Å². The molecule has 0 N–H and O–H groups in total. The third-order valence-electron chi connectivity index (χ3n) is 5.48. The lowest BCUT2D eigenvalue weighted by Crippen LogP contribution is -1.92. The summed E-state index contributed by atoms with van der Waals surface area (Å²) in [5.41, 5.74) is 5.54. The van der Waals surface area contributed by atoms with Crippen molar-refractivity contribution in [2.45, 2.75) is 40.5 Å². The molecule has 0 heteroatoms. The van der Waals surface area contributed by atoms with Crippen molar-refractivity contribution in [1.82, 2.24) is 0 Å². The van der Waals surface area contributed by atoms with E-state index in [2.05, 4.69) is 88.4 Å². The molecule has 0 nitrogen and oxygen atoms in total. The molecule has 0 aliphatic heterocycles. The Balaban J connectivity index is 2.12. The van der Waals surface area contributed by atoms with Gasteiger partial charge in [-0.05, 0) is 75.7 Å². The summed E-state index contributed by atoms with van der Waals surface area (Å²) in [5, 5.41) is 8.32. The van der Waals surface area contributed by atoms with Gasteiger partial charge in [0.05, 0.1) is 0 Å². The summed E-state index contributed by atoms with van der Waals surface area (Å²) in [5.74, 6) is 0. The van der Waals surface area contributed by atoms with E-state index in [-0.39, 0.29) is 0 Å². The monoisotopic (exact) mass is 338 g/mol. The topological polar surface area (TPSA) is 0 Å². The van der Waals surface area contributed by atoms with Gasteiger partial charge in [0.2, 0.25) is 0 Å². The average Bonchev–Trinajstić information content (AvgIpc) is 2.66. The predicted molar refractivity (Wildman–Crippen MR) is 117 cm³/mol. The molecule has 4 rings (SSSR count). The minimum absolute atomic E-state index is 1.04. The Morgan fingerprint density at radius 2 is 1.35 bits per heavy atom. The number of allylic oxidation sites excluding steroid dienone is 4. The van der Waals surface area contributed by atoms with Gasteiger partial charge < -0.3 is 0 Å². The molecule has 0 saturated heterocycles. The molecule has 0 radical (unpaired) electrons. The third kappa shape index (κ3) is 2.61. The molecule has 0 fully saturated rings. The fourth-order valence-electron chi connectivity index (χ4n) is 4.12. The zero-order chi connectivity index (χ0) is 18.3. The largest absolute Gasteiger partial charge is 0.0764 e. The van der Waals surface area contributed by atoms with E-state index < -0.39 is 0 Å². The second-order valence-corrected chi connectivity index (χ2v) is 7.40. The molecule has 26 heavy (non-hydrogen) atoms. The highest BCUT2D eigenvalue weighted by Crippen LogP contribution is 2.39. The number of hydrogen-bond acceptors (Lipinski definition) is 0. The summed E-state index contributed by atoms with van der Waals surface area (Å²) in [6, 6.07) is 18.4. The summed E-state index contributed by atoms with van der Waals surface area (Å²) in [6.07, 6.45) is 6.63. The maximum Gasteiger partial charge on any atom is -0.00206 e. The normalized spacial score (nSPS) is 12.4. The summed E-state index contributed by atoms with van der Waals surface area (Å²) < 4.78 is 0. The van der Waals surface area contributed by atoms with Crippen molar-refractivity contribution in [3.63, 3.8) is 0 Å². The van der Waals surface area contributed by atoms with Crippen molar-refractivity contribution in [2.24, 2.45) is 0 Å². The van der Waals surface area contributed by atoms with E-state index in [1.807, 2.05) is 0 Å². The van der Waals surface area contributed by atoms with Crippen molar-refractivity contribution in [3.05, 3.63) is 77.4 Å². The van der Waals surface area contributed by atoms with E-state index in [0.29, 0.717) is 0 Å². The van der Waals surface area contributed by atoms with Crippen LogP contribution in [0.5, 0.6) is 0 Å². The quantitative estimate of drug-likeness (QED) is 0.262. The van der Waals surface area contributed by atoms with Gasteiger partial charge >= 0.3 is 0 Å². The molecular weight excluding hydrogens is 312 g/mol. The first-order valence-corrected chi connectivity index (χ1v) is 9.67. The molecule has 0 aromatic heterocycles. The summed E-state index contributed by atoms with van der Waals surface area (Å²) in [4.78, 5) is 0. The highest BCUT2D eigenvalue weighted by molar-refractivity contribution is 6.25. The first-order valence-electron chi connectivity index (χ1n) is 9.67. The number of benzene rings is 4. The first-order chi connectivity index (χ1) is 12.6. The Hall–Kier alpha value is -2.60. The zero-order valence-corrected chi connectivity index (χ0v) is 16.2. The Kier molecular flexibility index (Phi) is 4.28. The van der Waals surface area contributed by atoms with Crippen LogP contribution in [0.3, 0.4) is 0 Å². The molecular formula is C26H26. The van der Waals surface area contributed by atoms with Crippen LogP contribution in [-0.2, 0) is 6.42 Å². The van der Waals surface area contributed by atoms with Gasteiger partial charge in [0.1, 0.15) is 0 Å². The highest BCUT2D eigenvalue weighted by Gasteiger charge is 2.13. The molecule has 4 aromatic carbocycles. The van der Waals surface area contributed by atoms with Gasteiger partial charge in [-0.3, -0.25) is 0 Å². The maximum atomic E-state index is 2.32. The van der Waals surface area contributed by atoms with Crippen LogP contribution >= 0.6 is 0 Å². The van der Waals surface area contributed by atoms with E-state index in [1.165, 1.54) is 54.6 Å². The molecule has 0 unspecified atom stereocenters. The van der Waals surface area contributed by atoms with Crippen LogP contribution in [-0.4, -0.2) is 0 Å². The Labute approximate surface area is 156 Å². The number of rotatable bonds is 4. The molecule has 4 aromatic rings. The fourth-order valence-corrected chi connectivity index (χ4v) is 4.12. The lowest BCUT2D eigenvalue weighted by atomic mass is 9.87. The van der Waals surface area contributed by atoms with Gasteiger partial charge in [0.25, 0.3) is 0 Å². The van der Waals surface area contributed by atoms with E-state index in [9.17, 15) is 0 Å². The Morgan fingerprint density at radius 1 is 0.731 bits per heavy atom. The van der Waals surface area contributed by atoms with Gasteiger partial charge in [0.15, 0.2) is 0 Å². The second-order valence-electron chi connectivity index (χ2n) is 7.40. The smallest absolute Gasteiger partial charge is 0.00206 e. The predicted octanol–water partition coefficient (Wildman–Crippen LogP) is 7.91. The van der Waals surface area contributed by atoms with Gasteiger partial charge in [-0.15, -0.1) is 0 Å². The van der Waals surface area contributed by atoms with Crippen LogP contribution in [0.2, 0.25) is 0 Å². The van der Waals surface area contributed by atoms with E-state index in [4.69, 9.17) is 0 Å². The van der Waals surface area contributed by atoms with Gasteiger partial charge in [0, 0.05) is 0 Å². The number of hydrogen-bond donors (Lipinski definition) is 0. The van der Waals surface area contributed by atoms with Crippen molar-refractivity contribution in [1.29, 1.82) is 0 Å². The van der Waals surface area contributed by atoms with Crippen molar-refractivity contribution in [3.8, 4) is 0 Å². The van der Waals surface area contributed by atoms with Crippen LogP contribution in [0.4, 0.5) is 0 Å². The Morgan fingerprint density at radius 3 is 2.00 bits per heavy atom. The lowest BCUT2D eigenvalue weighted by molar-refractivity contribution is 1.16. The summed E-state index contributed by atoms with van der Waals surface area (Å²) in [6.45, 7) is 8.80. The van der Waals surface area contributed by atoms with Crippen LogP contribution < -0.4 is 0 Å². The minimum Gasteiger partial charge on any atom is -0.0764 e. The second kappa shape index (κ2) is 6.61. The van der Waals surface area contributed by atoms with Crippen molar-refractivity contribution in [2.75, 3.05) is 0 Å². The molecule has 0 aliphatic carbocycles. The van der Waals surface area contributed by atoms with Gasteiger partial charge in [-0.1, -0.05) is 80.1 Å². The van der Waals surface area contributed by atoms with Crippen molar-refractivity contribution >= 4 is 37.9 Å². The lowest BCUT2D eigenvalue weighted by Gasteiger charge is -2.16. The third-order valence-corrected chi connectivity index (χ3v) is 5.48. The van der Waals surface area contributed by atoms with Crippen molar-refractivity contribution < 1.29 is 0 Å². The van der Waals surface area contributed by atoms with Crippen LogP contribution in [0, 0.1) is 0 Å². The zero-order valence-electron chi connectivity index (χ0n) is 16.2. The van der Waals surface area contributed by atoms with E-state index in [1.54, 1.807) is 0 Å². The molecule has 0 atom stereocenters. The maximum absolute atomic E-state index is 2.32. The van der Waals surface area contributed by atoms with E-state index >= 15 is 0 Å². The summed E-state index contributed by atoms with van der Waals surface area (Å²) >= 11 is 0. The molecule has 0 aliphatic rings. The SMILES string of the molecule is CC/C(=C\C=C(C)C)c1ccc2ccc3c(CC)ccc4ccc1c2c43. The fraction of sp³-hybridized carbons (Fsp3) is 0.231. The molecule has 0 spiro atoms. The average molecular weight is 338 g/mol. The Bertz CT molecular complexity index is 1150. The standard InChI is InChI=1S/C26H26/c1-5-18(8-7-17(3)4)22-14-11-21-12-15-23-19(6-2)9-10-20-13-16-24(22)26(21)25(20)23/h7-16H,5-6H2,1-4H3/b18-8+. The highest BCUT2D eigenvalue weighted by atomic mass is 14.2. The van der Waals surface area contributed by atoms with Crippen LogP contribution in [0.25, 0.3) is 37.9 Å². The first kappa shape index (κ1) is 16.8. The summed E-state index contributed by atoms with van der Waals surface area (Å²) in [7, 11) is 0. The van der Waals surface area contributed by atoms with Crippen LogP contribution in [0.1, 0.15) is 45.2 Å². The minimum atomic E-state index is 1.04. The molecule has 130 valence electrons. The van der Waals surface area contributed by atoms with Gasteiger partial charge in [-0.25, -0.2) is 0 Å². The molecule has 0 saturated carbocycles. The molecule has 0 heterocycles. The van der Waals surface area contributed by atoms with Crippen LogP contribution in [0.15, 0.2) is 66.3 Å². The molecule has 0 amide bonds. The number of aryl methyl sites for hydroxylation is 1. The van der Waals surface area contributed by atoms with Gasteiger partial charge in [-0.2, -0.15) is 0 Å². The molecule has 0 bridgehead atoms.